The lowest BCUT2D eigenvalue weighted by Gasteiger charge is -2.32. The number of carbonyl (C=O) groups is 1. The van der Waals surface area contributed by atoms with Crippen LogP contribution in [0, 0.1) is 0 Å². The monoisotopic (exact) mass is 242 g/mol. The van der Waals surface area contributed by atoms with E-state index >= 15 is 0 Å². The van der Waals surface area contributed by atoms with Gasteiger partial charge in [-0.15, -0.1) is 0 Å². The van der Waals surface area contributed by atoms with Crippen LogP contribution in [0.3, 0.4) is 0 Å². The average molecular weight is 242 g/mol. The van der Waals surface area contributed by atoms with Crippen molar-refractivity contribution in [3.63, 3.8) is 0 Å². The number of aliphatic hydroxyl groups is 1. The molecule has 2 N–H and O–H groups in total. The third kappa shape index (κ3) is 4.64. The highest BCUT2D eigenvalue weighted by molar-refractivity contribution is 5.81. The summed E-state index contributed by atoms with van der Waals surface area (Å²) in [6.07, 6.45) is 5.61. The summed E-state index contributed by atoms with van der Waals surface area (Å²) in [6, 6.07) is -0.0446. The highest BCUT2D eigenvalue weighted by Gasteiger charge is 2.26. The van der Waals surface area contributed by atoms with Crippen molar-refractivity contribution in [2.75, 3.05) is 20.1 Å². The van der Waals surface area contributed by atoms with E-state index in [0.717, 1.165) is 25.7 Å². The molecule has 1 rings (SSSR count). The Morgan fingerprint density at radius 1 is 1.41 bits per heavy atom. The van der Waals surface area contributed by atoms with Crippen LogP contribution in [0.4, 0.5) is 0 Å². The first kappa shape index (κ1) is 14.5. The number of rotatable bonds is 6. The van der Waals surface area contributed by atoms with Gasteiger partial charge in [-0.2, -0.15) is 0 Å². The number of amides is 1. The van der Waals surface area contributed by atoms with E-state index in [9.17, 15) is 9.90 Å². The van der Waals surface area contributed by atoms with Crippen LogP contribution in [-0.2, 0) is 4.79 Å². The molecule has 1 heterocycles. The van der Waals surface area contributed by atoms with Crippen molar-refractivity contribution in [3.05, 3.63) is 0 Å². The molecule has 0 aromatic rings. The fourth-order valence-corrected chi connectivity index (χ4v) is 2.30. The fourth-order valence-electron chi connectivity index (χ4n) is 2.30. The van der Waals surface area contributed by atoms with Crippen molar-refractivity contribution in [2.24, 2.45) is 0 Å². The molecule has 1 amide bonds. The first-order valence-corrected chi connectivity index (χ1v) is 6.83. The lowest BCUT2D eigenvalue weighted by molar-refractivity contribution is -0.135. The van der Waals surface area contributed by atoms with E-state index in [1.165, 1.54) is 12.8 Å². The Kier molecular flexibility index (Phi) is 6.52. The molecule has 17 heavy (non-hydrogen) atoms. The average Bonchev–Trinajstić information content (AvgIpc) is 2.35. The SMILES string of the molecule is CCCCC[C@H](NC)C(=O)N1CCC(O)CC1. The largest absolute Gasteiger partial charge is 0.393 e. The molecule has 0 radical (unpaired) electrons. The number of carbonyl (C=O) groups excluding carboxylic acids is 1. The third-order valence-corrected chi connectivity index (χ3v) is 3.52. The number of unbranched alkanes of at least 4 members (excludes halogenated alkanes) is 2. The predicted molar refractivity (Wildman–Crippen MR) is 68.8 cm³/mol. The van der Waals surface area contributed by atoms with Crippen LogP contribution in [0.1, 0.15) is 45.4 Å². The minimum Gasteiger partial charge on any atom is -0.393 e. The first-order chi connectivity index (χ1) is 8.19. The molecule has 1 fully saturated rings. The molecule has 0 bridgehead atoms. The Morgan fingerprint density at radius 3 is 2.59 bits per heavy atom. The molecule has 0 aliphatic carbocycles. The van der Waals surface area contributed by atoms with Crippen molar-refractivity contribution < 1.29 is 9.90 Å². The minimum absolute atomic E-state index is 0.0446. The number of likely N-dealkylation sites (tertiary alicyclic amines) is 1. The van der Waals surface area contributed by atoms with Gasteiger partial charge in [0.2, 0.25) is 5.91 Å². The second-order valence-electron chi connectivity index (χ2n) is 4.89. The van der Waals surface area contributed by atoms with Gasteiger partial charge in [0.1, 0.15) is 0 Å². The summed E-state index contributed by atoms with van der Waals surface area (Å²) in [7, 11) is 1.85. The first-order valence-electron chi connectivity index (χ1n) is 6.83. The quantitative estimate of drug-likeness (QED) is 0.687. The summed E-state index contributed by atoms with van der Waals surface area (Å²) in [5, 5.41) is 12.5. The molecule has 100 valence electrons. The van der Waals surface area contributed by atoms with Crippen molar-refractivity contribution in [1.29, 1.82) is 0 Å². The third-order valence-electron chi connectivity index (χ3n) is 3.52. The Balaban J connectivity index is 2.37. The van der Waals surface area contributed by atoms with Crippen LogP contribution in [0.2, 0.25) is 0 Å². The molecule has 0 unspecified atom stereocenters. The number of hydrogen-bond donors (Lipinski definition) is 2. The molecule has 1 saturated heterocycles. The van der Waals surface area contributed by atoms with Crippen LogP contribution in [0.5, 0.6) is 0 Å². The van der Waals surface area contributed by atoms with E-state index < -0.39 is 0 Å². The minimum atomic E-state index is -0.216. The Labute approximate surface area is 104 Å². The zero-order valence-electron chi connectivity index (χ0n) is 11.1. The van der Waals surface area contributed by atoms with Gasteiger partial charge in [-0.05, 0) is 26.3 Å². The van der Waals surface area contributed by atoms with E-state index in [1.807, 2.05) is 11.9 Å². The molecular formula is C13H26N2O2. The molecule has 4 nitrogen and oxygen atoms in total. The molecule has 4 heteroatoms. The number of piperidine rings is 1. The van der Waals surface area contributed by atoms with Crippen LogP contribution < -0.4 is 5.32 Å². The van der Waals surface area contributed by atoms with Gasteiger partial charge in [0.15, 0.2) is 0 Å². The van der Waals surface area contributed by atoms with Gasteiger partial charge in [-0.1, -0.05) is 26.2 Å². The standard InChI is InChI=1S/C13H26N2O2/c1-3-4-5-6-12(14-2)13(17)15-9-7-11(16)8-10-15/h11-12,14,16H,3-10H2,1-2H3/t12-/m0/s1. The molecule has 0 aromatic heterocycles. The van der Waals surface area contributed by atoms with Crippen molar-refractivity contribution in [2.45, 2.75) is 57.6 Å². The highest BCUT2D eigenvalue weighted by Crippen LogP contribution is 2.13. The van der Waals surface area contributed by atoms with Gasteiger partial charge in [-0.3, -0.25) is 4.79 Å². The molecule has 1 atom stereocenters. The molecule has 0 saturated carbocycles. The lowest BCUT2D eigenvalue weighted by atomic mass is 10.0. The van der Waals surface area contributed by atoms with Crippen LogP contribution in [0.15, 0.2) is 0 Å². The van der Waals surface area contributed by atoms with Crippen molar-refractivity contribution in [3.8, 4) is 0 Å². The molecule has 0 spiro atoms. The van der Waals surface area contributed by atoms with Crippen LogP contribution in [-0.4, -0.2) is 48.2 Å². The zero-order chi connectivity index (χ0) is 12.7. The van der Waals surface area contributed by atoms with Crippen molar-refractivity contribution in [1.82, 2.24) is 10.2 Å². The Morgan fingerprint density at radius 2 is 2.06 bits per heavy atom. The van der Waals surface area contributed by atoms with Gasteiger partial charge in [0.05, 0.1) is 12.1 Å². The topological polar surface area (TPSA) is 52.6 Å². The Bertz CT molecular complexity index is 225. The maximum Gasteiger partial charge on any atom is 0.239 e. The molecular weight excluding hydrogens is 216 g/mol. The van der Waals surface area contributed by atoms with E-state index in [-0.39, 0.29) is 18.1 Å². The van der Waals surface area contributed by atoms with Crippen LogP contribution >= 0.6 is 0 Å². The zero-order valence-corrected chi connectivity index (χ0v) is 11.1. The summed E-state index contributed by atoms with van der Waals surface area (Å²) in [4.78, 5) is 14.1. The van der Waals surface area contributed by atoms with Gasteiger partial charge < -0.3 is 15.3 Å². The van der Waals surface area contributed by atoms with Gasteiger partial charge in [0, 0.05) is 13.1 Å². The van der Waals surface area contributed by atoms with Crippen LogP contribution in [0.25, 0.3) is 0 Å². The summed E-state index contributed by atoms with van der Waals surface area (Å²) in [5.41, 5.74) is 0. The Hall–Kier alpha value is -0.610. The maximum absolute atomic E-state index is 12.2. The number of nitrogens with one attached hydrogen (secondary N) is 1. The van der Waals surface area contributed by atoms with E-state index in [1.54, 1.807) is 0 Å². The summed E-state index contributed by atoms with van der Waals surface area (Å²) >= 11 is 0. The normalized spacial score (nSPS) is 19.4. The molecule has 1 aliphatic rings. The lowest BCUT2D eigenvalue weighted by Crippen LogP contribution is -2.48. The smallest absolute Gasteiger partial charge is 0.239 e. The van der Waals surface area contributed by atoms with Gasteiger partial charge in [0.25, 0.3) is 0 Å². The highest BCUT2D eigenvalue weighted by atomic mass is 16.3. The number of aliphatic hydroxyl groups excluding tert-OH is 1. The predicted octanol–water partition coefficient (Wildman–Crippen LogP) is 1.14. The summed E-state index contributed by atoms with van der Waals surface area (Å²) < 4.78 is 0. The maximum atomic E-state index is 12.2. The second kappa shape index (κ2) is 7.67. The molecule has 1 aliphatic heterocycles. The number of nitrogens with zero attached hydrogens (tertiary/aromatic N) is 1. The number of hydrogen-bond acceptors (Lipinski definition) is 3. The van der Waals surface area contributed by atoms with Gasteiger partial charge >= 0.3 is 0 Å². The summed E-state index contributed by atoms with van der Waals surface area (Å²) in [5.74, 6) is 0.204. The van der Waals surface area contributed by atoms with E-state index in [0.29, 0.717) is 13.1 Å². The van der Waals surface area contributed by atoms with E-state index in [4.69, 9.17) is 0 Å². The fraction of sp³-hybridized carbons (Fsp3) is 0.923. The molecule has 0 aromatic carbocycles. The van der Waals surface area contributed by atoms with E-state index in [2.05, 4.69) is 12.2 Å². The second-order valence-corrected chi connectivity index (χ2v) is 4.89. The van der Waals surface area contributed by atoms with Crippen molar-refractivity contribution >= 4 is 5.91 Å². The number of likely N-dealkylation sites (N-methyl/N-ethyl adjacent to an activating group) is 1. The van der Waals surface area contributed by atoms with Gasteiger partial charge in [-0.25, -0.2) is 0 Å². The summed E-state index contributed by atoms with van der Waals surface area (Å²) in [6.45, 7) is 3.57.